The van der Waals surface area contributed by atoms with E-state index in [0.29, 0.717) is 5.41 Å². The fourth-order valence-electron chi connectivity index (χ4n) is 3.63. The maximum atomic E-state index is 9.52. The normalized spacial score (nSPS) is 26.4. The highest BCUT2D eigenvalue weighted by atomic mass is 14.6. The van der Waals surface area contributed by atoms with Gasteiger partial charge in [-0.25, -0.2) is 0 Å². The van der Waals surface area contributed by atoms with Crippen LogP contribution in [0.3, 0.4) is 0 Å². The quantitative estimate of drug-likeness (QED) is 0.634. The van der Waals surface area contributed by atoms with E-state index in [1.54, 1.807) is 0 Å². The Bertz CT molecular complexity index is 320. The van der Waals surface area contributed by atoms with Crippen LogP contribution < -0.4 is 0 Å². The van der Waals surface area contributed by atoms with Gasteiger partial charge in [-0.05, 0) is 43.9 Å². The van der Waals surface area contributed by atoms with Crippen LogP contribution in [0.2, 0.25) is 0 Å². The van der Waals surface area contributed by atoms with Gasteiger partial charge in [0.15, 0.2) is 0 Å². The van der Waals surface area contributed by atoms with Crippen LogP contribution in [0.15, 0.2) is 11.6 Å². The van der Waals surface area contributed by atoms with Crippen molar-refractivity contribution in [1.29, 1.82) is 5.26 Å². The van der Waals surface area contributed by atoms with E-state index in [2.05, 4.69) is 26.0 Å². The molecule has 0 atom stereocenters. The van der Waals surface area contributed by atoms with Crippen molar-refractivity contribution in [3.63, 3.8) is 0 Å². The van der Waals surface area contributed by atoms with E-state index in [1.165, 1.54) is 44.1 Å². The van der Waals surface area contributed by atoms with Crippen molar-refractivity contribution in [3.05, 3.63) is 11.6 Å². The molecule has 0 bridgehead atoms. The summed E-state index contributed by atoms with van der Waals surface area (Å²) < 4.78 is 0. The van der Waals surface area contributed by atoms with Crippen LogP contribution in [-0.2, 0) is 0 Å². The topological polar surface area (TPSA) is 23.8 Å². The lowest BCUT2D eigenvalue weighted by Crippen LogP contribution is -2.46. The zero-order chi connectivity index (χ0) is 11.6. The minimum atomic E-state index is -0.0631. The average Bonchev–Trinajstić information content (AvgIpc) is 2.31. The van der Waals surface area contributed by atoms with E-state index in [-0.39, 0.29) is 5.41 Å². The third-order valence-electron chi connectivity index (χ3n) is 4.97. The zero-order valence-electron chi connectivity index (χ0n) is 10.7. The summed E-state index contributed by atoms with van der Waals surface area (Å²) in [7, 11) is 0. The monoisotopic (exact) mass is 217 g/mol. The van der Waals surface area contributed by atoms with Gasteiger partial charge in [0.05, 0.1) is 11.5 Å². The molecule has 1 saturated carbocycles. The lowest BCUT2D eigenvalue weighted by atomic mass is 9.48. The molecule has 0 aromatic heterocycles. The van der Waals surface area contributed by atoms with Crippen LogP contribution in [-0.4, -0.2) is 0 Å². The van der Waals surface area contributed by atoms with Crippen LogP contribution in [0.5, 0.6) is 0 Å². The molecular formula is C15H23N. The first-order chi connectivity index (χ1) is 7.70. The molecule has 0 aromatic rings. The molecule has 0 amide bonds. The van der Waals surface area contributed by atoms with Gasteiger partial charge in [0.25, 0.3) is 0 Å². The molecule has 2 aliphatic carbocycles. The van der Waals surface area contributed by atoms with Crippen molar-refractivity contribution < 1.29 is 0 Å². The first-order valence-electron chi connectivity index (χ1n) is 6.81. The molecule has 0 unspecified atom stereocenters. The van der Waals surface area contributed by atoms with Crippen LogP contribution >= 0.6 is 0 Å². The SMILES string of the molecule is CCC1(CC)CC(C#N)(C2=CCCCC2)C1. The third kappa shape index (κ3) is 1.69. The summed E-state index contributed by atoms with van der Waals surface area (Å²) in [5, 5.41) is 9.52. The molecule has 16 heavy (non-hydrogen) atoms. The van der Waals surface area contributed by atoms with Gasteiger partial charge in [0.2, 0.25) is 0 Å². The van der Waals surface area contributed by atoms with Gasteiger partial charge in [-0.2, -0.15) is 5.26 Å². The van der Waals surface area contributed by atoms with Gasteiger partial charge in [0, 0.05) is 0 Å². The van der Waals surface area contributed by atoms with Gasteiger partial charge in [-0.1, -0.05) is 38.3 Å². The fraction of sp³-hybridized carbons (Fsp3) is 0.800. The number of allylic oxidation sites excluding steroid dienone is 2. The van der Waals surface area contributed by atoms with E-state index in [4.69, 9.17) is 0 Å². The van der Waals surface area contributed by atoms with Crippen LogP contribution in [0.1, 0.15) is 65.2 Å². The summed E-state index contributed by atoms with van der Waals surface area (Å²) in [5.41, 5.74) is 1.89. The molecule has 2 rings (SSSR count). The van der Waals surface area contributed by atoms with Crippen LogP contribution in [0.25, 0.3) is 0 Å². The Morgan fingerprint density at radius 1 is 1.25 bits per heavy atom. The van der Waals surface area contributed by atoms with Gasteiger partial charge in [-0.3, -0.25) is 0 Å². The minimum absolute atomic E-state index is 0.0631. The highest BCUT2D eigenvalue weighted by Crippen LogP contribution is 2.62. The van der Waals surface area contributed by atoms with Gasteiger partial charge >= 0.3 is 0 Å². The Labute approximate surface area is 99.5 Å². The molecule has 0 radical (unpaired) electrons. The van der Waals surface area contributed by atoms with Gasteiger partial charge < -0.3 is 0 Å². The molecule has 1 fully saturated rings. The summed E-state index contributed by atoms with van der Waals surface area (Å²) >= 11 is 0. The maximum absolute atomic E-state index is 9.52. The third-order valence-corrected chi connectivity index (χ3v) is 4.97. The van der Waals surface area contributed by atoms with Crippen molar-refractivity contribution in [3.8, 4) is 6.07 Å². The second-order valence-electron chi connectivity index (χ2n) is 5.73. The van der Waals surface area contributed by atoms with E-state index in [9.17, 15) is 5.26 Å². The molecule has 0 spiro atoms. The summed E-state index contributed by atoms with van der Waals surface area (Å²) in [6.07, 6.45) is 12.1. The van der Waals surface area contributed by atoms with E-state index in [1.807, 2.05) is 0 Å². The van der Waals surface area contributed by atoms with Crippen molar-refractivity contribution in [2.45, 2.75) is 65.2 Å². The van der Waals surface area contributed by atoms with Crippen molar-refractivity contribution in [2.75, 3.05) is 0 Å². The molecular weight excluding hydrogens is 194 g/mol. The van der Waals surface area contributed by atoms with Crippen molar-refractivity contribution in [1.82, 2.24) is 0 Å². The van der Waals surface area contributed by atoms with Gasteiger partial charge in [-0.15, -0.1) is 0 Å². The standard InChI is InChI=1S/C15H23N/c1-3-14(4-2)10-15(11-14,12-16)13-8-6-5-7-9-13/h8H,3-7,9-11H2,1-2H3. The Kier molecular flexibility index (Phi) is 3.10. The minimum Gasteiger partial charge on any atom is -0.197 e. The molecule has 1 nitrogen and oxygen atoms in total. The maximum Gasteiger partial charge on any atom is 0.0793 e. The molecule has 0 heterocycles. The molecule has 0 aliphatic heterocycles. The van der Waals surface area contributed by atoms with E-state index < -0.39 is 0 Å². The predicted octanol–water partition coefficient (Wildman–Crippen LogP) is 4.60. The van der Waals surface area contributed by atoms with E-state index >= 15 is 0 Å². The van der Waals surface area contributed by atoms with Crippen LogP contribution in [0.4, 0.5) is 0 Å². The molecule has 0 N–H and O–H groups in total. The van der Waals surface area contributed by atoms with Crippen LogP contribution in [0, 0.1) is 22.2 Å². The van der Waals surface area contributed by atoms with E-state index in [0.717, 1.165) is 12.8 Å². The molecule has 0 aromatic carbocycles. The highest BCUT2D eigenvalue weighted by molar-refractivity contribution is 5.31. The smallest absolute Gasteiger partial charge is 0.0793 e. The lowest BCUT2D eigenvalue weighted by Gasteiger charge is -2.54. The Hall–Kier alpha value is -0.770. The Morgan fingerprint density at radius 2 is 1.94 bits per heavy atom. The number of hydrogen-bond acceptors (Lipinski definition) is 1. The largest absolute Gasteiger partial charge is 0.197 e. The Morgan fingerprint density at radius 3 is 2.38 bits per heavy atom. The highest BCUT2D eigenvalue weighted by Gasteiger charge is 2.54. The molecule has 1 heteroatoms. The second kappa shape index (κ2) is 4.24. The number of rotatable bonds is 3. The first kappa shape index (κ1) is 11.7. The number of nitriles is 1. The Balaban J connectivity index is 2.14. The van der Waals surface area contributed by atoms with Crippen molar-refractivity contribution >= 4 is 0 Å². The van der Waals surface area contributed by atoms with Crippen molar-refractivity contribution in [2.24, 2.45) is 10.8 Å². The fourth-order valence-corrected chi connectivity index (χ4v) is 3.63. The zero-order valence-corrected chi connectivity index (χ0v) is 10.7. The summed E-state index contributed by atoms with van der Waals surface area (Å²) in [6, 6.07) is 2.64. The summed E-state index contributed by atoms with van der Waals surface area (Å²) in [5.74, 6) is 0. The van der Waals surface area contributed by atoms with Gasteiger partial charge in [0.1, 0.15) is 0 Å². The number of hydrogen-bond donors (Lipinski definition) is 0. The number of nitrogens with zero attached hydrogens (tertiary/aromatic N) is 1. The summed E-state index contributed by atoms with van der Waals surface area (Å²) in [6.45, 7) is 4.56. The molecule has 2 aliphatic rings. The second-order valence-corrected chi connectivity index (χ2v) is 5.73. The molecule has 88 valence electrons. The predicted molar refractivity (Wildman–Crippen MR) is 66.8 cm³/mol. The first-order valence-corrected chi connectivity index (χ1v) is 6.81. The summed E-state index contributed by atoms with van der Waals surface area (Å²) in [4.78, 5) is 0. The lowest BCUT2D eigenvalue weighted by molar-refractivity contribution is 0.0165. The molecule has 0 saturated heterocycles. The average molecular weight is 217 g/mol.